The first-order chi connectivity index (χ1) is 28.7. The molecule has 0 unspecified atom stereocenters. The average Bonchev–Trinajstić information content (AvgIpc) is 3.96. The molecule has 0 aliphatic rings. The van der Waals surface area contributed by atoms with E-state index < -0.39 is 0 Å². The highest BCUT2D eigenvalue weighted by Crippen LogP contribution is 2.41. The largest absolute Gasteiger partial charge is 0.309 e. The highest BCUT2D eigenvalue weighted by Gasteiger charge is 2.24. The van der Waals surface area contributed by atoms with Gasteiger partial charge in [-0.05, 0) is 49.7 Å². The Labute approximate surface area is 341 Å². The van der Waals surface area contributed by atoms with Gasteiger partial charge in [0.2, 0.25) is 0 Å². The van der Waals surface area contributed by atoms with Gasteiger partial charge in [-0.25, -0.2) is 24.9 Å². The van der Waals surface area contributed by atoms with Crippen molar-refractivity contribution in [3.8, 4) is 51.4 Å². The molecular formula is C50H34N6S2. The molecule has 6 aromatic carbocycles. The zero-order valence-corrected chi connectivity index (χ0v) is 33.4. The lowest BCUT2D eigenvalue weighted by atomic mass is 10.1. The van der Waals surface area contributed by atoms with Crippen molar-refractivity contribution in [1.82, 2.24) is 29.5 Å². The van der Waals surface area contributed by atoms with Crippen LogP contribution >= 0.6 is 22.7 Å². The van der Waals surface area contributed by atoms with E-state index >= 15 is 0 Å². The zero-order valence-electron chi connectivity index (χ0n) is 31.7. The summed E-state index contributed by atoms with van der Waals surface area (Å²) in [7, 11) is 0. The Kier molecular flexibility index (Phi) is 8.27. The van der Waals surface area contributed by atoms with E-state index in [1.807, 2.05) is 18.2 Å². The Balaban J connectivity index is 1.24. The van der Waals surface area contributed by atoms with Gasteiger partial charge in [-0.1, -0.05) is 128 Å². The third-order valence-corrected chi connectivity index (χ3v) is 13.2. The number of para-hydroxylation sites is 3. The maximum absolute atomic E-state index is 5.52. The van der Waals surface area contributed by atoms with Crippen LogP contribution in [0.2, 0.25) is 0 Å². The van der Waals surface area contributed by atoms with Crippen molar-refractivity contribution in [2.45, 2.75) is 20.3 Å². The molecule has 5 aromatic heterocycles. The third kappa shape index (κ3) is 5.48. The molecule has 0 saturated heterocycles. The molecule has 0 atom stereocenters. The summed E-state index contributed by atoms with van der Waals surface area (Å²) in [6, 6.07) is 50.7. The third-order valence-electron chi connectivity index (χ3n) is 10.7. The Morgan fingerprint density at radius 2 is 1.19 bits per heavy atom. The van der Waals surface area contributed by atoms with Crippen LogP contribution < -0.4 is 9.75 Å². The summed E-state index contributed by atoms with van der Waals surface area (Å²) >= 11 is 3.46. The molecule has 276 valence electrons. The number of fused-ring (bicyclic) bond motifs is 7. The molecule has 6 nitrogen and oxygen atoms in total. The van der Waals surface area contributed by atoms with E-state index in [-0.39, 0.29) is 0 Å². The van der Waals surface area contributed by atoms with Gasteiger partial charge in [-0.15, -0.1) is 22.7 Å². The standard InChI is InChI=1S/C50H34N6S2/c1-3-17-36-40(4-2)57-46-42(36)51-48(37-26-15-24-34-32-22-11-13-28-39(32)56(44(34)37)31-20-9-6-10-21-31)52-43(46)50-54-47(30-18-7-5-8-19-30)53-49(55-50)38-27-16-25-35-33-23-12-14-29-41(33)58-45(35)38/h4-29H,3H2,1-2H3/b36-17+,40-4+. The molecule has 5 heterocycles. The maximum atomic E-state index is 5.52. The van der Waals surface area contributed by atoms with Gasteiger partial charge < -0.3 is 4.57 Å². The van der Waals surface area contributed by atoms with E-state index in [4.69, 9.17) is 24.9 Å². The molecule has 8 heteroatoms. The van der Waals surface area contributed by atoms with Gasteiger partial charge in [0, 0.05) is 63.1 Å². The SMILES string of the molecule is C/C=c1/sc2c(-c3nc(-c4ccccc4)nc(-c4cccc5c4sc4ccccc45)n3)nc(-c3cccc4c5ccccc5n(-c5ccccc5)c34)nc2/c1=C/CC. The predicted molar refractivity (Wildman–Crippen MR) is 244 cm³/mol. The van der Waals surface area contributed by atoms with Gasteiger partial charge in [0.25, 0.3) is 0 Å². The number of thiophene rings is 2. The highest BCUT2D eigenvalue weighted by atomic mass is 32.1. The summed E-state index contributed by atoms with van der Waals surface area (Å²) < 4.78 is 6.81. The minimum atomic E-state index is 0.512. The molecule has 0 amide bonds. The molecule has 0 radical (unpaired) electrons. The second-order valence-electron chi connectivity index (χ2n) is 14.2. The molecule has 0 spiro atoms. The van der Waals surface area contributed by atoms with Crippen molar-refractivity contribution in [3.63, 3.8) is 0 Å². The van der Waals surface area contributed by atoms with E-state index in [9.17, 15) is 0 Å². The van der Waals surface area contributed by atoms with E-state index in [2.05, 4.69) is 158 Å². The number of benzene rings is 6. The van der Waals surface area contributed by atoms with Crippen LogP contribution in [0.1, 0.15) is 20.3 Å². The quantitative estimate of drug-likeness (QED) is 0.168. The number of rotatable bonds is 6. The van der Waals surface area contributed by atoms with Gasteiger partial charge in [-0.2, -0.15) is 0 Å². The second kappa shape index (κ2) is 14.0. The van der Waals surface area contributed by atoms with Crippen LogP contribution in [-0.4, -0.2) is 29.5 Å². The summed E-state index contributed by atoms with van der Waals surface area (Å²) in [5, 5.41) is 5.84. The van der Waals surface area contributed by atoms with Crippen molar-refractivity contribution in [2.24, 2.45) is 0 Å². The Bertz CT molecular complexity index is 3510. The fraction of sp³-hybridized carbons (Fsp3) is 0.0600. The Morgan fingerprint density at radius 3 is 2.00 bits per heavy atom. The molecule has 0 saturated carbocycles. The van der Waals surface area contributed by atoms with Crippen LogP contribution in [0.4, 0.5) is 0 Å². The molecule has 58 heavy (non-hydrogen) atoms. The molecular weight excluding hydrogens is 749 g/mol. The van der Waals surface area contributed by atoms with Crippen LogP contribution in [0.3, 0.4) is 0 Å². The minimum Gasteiger partial charge on any atom is -0.309 e. The van der Waals surface area contributed by atoms with Gasteiger partial charge >= 0.3 is 0 Å². The van der Waals surface area contributed by atoms with E-state index in [1.165, 1.54) is 20.9 Å². The first-order valence-electron chi connectivity index (χ1n) is 19.5. The monoisotopic (exact) mass is 782 g/mol. The lowest BCUT2D eigenvalue weighted by Crippen LogP contribution is -2.18. The lowest BCUT2D eigenvalue weighted by molar-refractivity contribution is 1.06. The number of hydrogen-bond acceptors (Lipinski definition) is 7. The minimum absolute atomic E-state index is 0.512. The highest BCUT2D eigenvalue weighted by molar-refractivity contribution is 7.26. The zero-order chi connectivity index (χ0) is 38.7. The molecule has 11 rings (SSSR count). The molecule has 11 aromatic rings. The van der Waals surface area contributed by atoms with Crippen molar-refractivity contribution in [2.75, 3.05) is 0 Å². The van der Waals surface area contributed by atoms with Gasteiger partial charge in [0.15, 0.2) is 23.3 Å². The van der Waals surface area contributed by atoms with E-state index in [0.29, 0.717) is 29.0 Å². The van der Waals surface area contributed by atoms with Crippen LogP contribution in [0.5, 0.6) is 0 Å². The Hall–Kier alpha value is -6.87. The average molecular weight is 783 g/mol. The smallest absolute Gasteiger partial charge is 0.184 e. The summed E-state index contributed by atoms with van der Waals surface area (Å²) in [4.78, 5) is 26.8. The Morgan fingerprint density at radius 1 is 0.534 bits per heavy atom. The molecule has 0 aliphatic carbocycles. The topological polar surface area (TPSA) is 69.4 Å². The number of aromatic nitrogens is 6. The van der Waals surface area contributed by atoms with Crippen molar-refractivity contribution in [1.29, 1.82) is 0 Å². The van der Waals surface area contributed by atoms with Gasteiger partial charge in [0.05, 0.1) is 21.3 Å². The van der Waals surface area contributed by atoms with Crippen LogP contribution in [-0.2, 0) is 0 Å². The van der Waals surface area contributed by atoms with E-state index in [1.54, 1.807) is 22.7 Å². The normalized spacial score (nSPS) is 12.6. The summed E-state index contributed by atoms with van der Waals surface area (Å²) in [6.45, 7) is 4.26. The van der Waals surface area contributed by atoms with Crippen LogP contribution in [0.15, 0.2) is 146 Å². The first-order valence-corrected chi connectivity index (χ1v) is 21.1. The second-order valence-corrected chi connectivity index (χ2v) is 16.3. The van der Waals surface area contributed by atoms with E-state index in [0.717, 1.165) is 69.9 Å². The molecule has 0 fully saturated rings. The summed E-state index contributed by atoms with van der Waals surface area (Å²) in [5.41, 5.74) is 7.65. The fourth-order valence-electron chi connectivity index (χ4n) is 8.19. The predicted octanol–water partition coefficient (Wildman–Crippen LogP) is 12.0. The molecule has 0 N–H and O–H groups in total. The summed E-state index contributed by atoms with van der Waals surface area (Å²) in [6.07, 6.45) is 5.31. The van der Waals surface area contributed by atoms with Gasteiger partial charge in [-0.3, -0.25) is 0 Å². The summed E-state index contributed by atoms with van der Waals surface area (Å²) in [5.74, 6) is 2.34. The number of nitrogens with zero attached hydrogens (tertiary/aromatic N) is 6. The number of hydrogen-bond donors (Lipinski definition) is 0. The van der Waals surface area contributed by atoms with Crippen molar-refractivity contribution >= 4 is 87.0 Å². The molecule has 0 aliphatic heterocycles. The van der Waals surface area contributed by atoms with Crippen LogP contribution in [0, 0.1) is 0 Å². The lowest BCUT2D eigenvalue weighted by Gasteiger charge is -2.12. The van der Waals surface area contributed by atoms with Crippen molar-refractivity contribution < 1.29 is 0 Å². The maximum Gasteiger partial charge on any atom is 0.184 e. The van der Waals surface area contributed by atoms with Gasteiger partial charge in [0.1, 0.15) is 5.69 Å². The molecule has 0 bridgehead atoms. The fourth-order valence-corrected chi connectivity index (χ4v) is 10.5. The van der Waals surface area contributed by atoms with Crippen LogP contribution in [0.25, 0.3) is 116 Å². The van der Waals surface area contributed by atoms with Crippen molar-refractivity contribution in [3.05, 3.63) is 155 Å². The first kappa shape index (κ1) is 34.4.